The Morgan fingerprint density at radius 3 is 2.28 bits per heavy atom. The van der Waals surface area contributed by atoms with Crippen molar-refractivity contribution < 1.29 is 28.7 Å². The van der Waals surface area contributed by atoms with Gasteiger partial charge in [-0.1, -0.05) is 30.3 Å². The van der Waals surface area contributed by atoms with Crippen LogP contribution in [0.3, 0.4) is 0 Å². The third-order valence-corrected chi connectivity index (χ3v) is 5.96. The molecule has 0 fully saturated rings. The van der Waals surface area contributed by atoms with Crippen LogP contribution in [0.5, 0.6) is 11.5 Å². The van der Waals surface area contributed by atoms with Crippen LogP contribution >= 0.6 is 0 Å². The van der Waals surface area contributed by atoms with E-state index in [1.807, 2.05) is 30.3 Å². The van der Waals surface area contributed by atoms with Crippen molar-refractivity contribution in [1.29, 1.82) is 0 Å². The number of nitrogens with one attached hydrogen (secondary N) is 1. The van der Waals surface area contributed by atoms with Crippen LogP contribution in [-0.4, -0.2) is 54.3 Å². The number of amides is 4. The lowest BCUT2D eigenvalue weighted by Gasteiger charge is -2.33. The molecule has 1 atom stereocenters. The number of benzene rings is 3. The molecule has 0 aromatic heterocycles. The lowest BCUT2D eigenvalue weighted by molar-refractivity contribution is -0.125. The Kier molecular flexibility index (Phi) is 6.12. The van der Waals surface area contributed by atoms with Gasteiger partial charge in [-0.25, -0.2) is 0 Å². The van der Waals surface area contributed by atoms with Crippen molar-refractivity contribution in [3.8, 4) is 11.5 Å². The number of carbonyl (C=O) groups is 4. The Labute approximate surface area is 207 Å². The van der Waals surface area contributed by atoms with Crippen LogP contribution in [0.1, 0.15) is 27.6 Å². The predicted molar refractivity (Wildman–Crippen MR) is 131 cm³/mol. The van der Waals surface area contributed by atoms with Crippen molar-refractivity contribution in [3.63, 3.8) is 0 Å². The monoisotopic (exact) mass is 485 g/mol. The first kappa shape index (κ1) is 23.1. The molecular weight excluding hydrogens is 462 g/mol. The molecule has 9 heteroatoms. The van der Waals surface area contributed by atoms with Gasteiger partial charge in [-0.15, -0.1) is 0 Å². The fraction of sp³-hybridized carbons (Fsp3) is 0.185. The highest BCUT2D eigenvalue weighted by molar-refractivity contribution is 6.22. The SMILES string of the molecule is CC1Oc2ccc(NC(=O)CN3C(=O)c4ccccc4C3=O)cc2N(CCOc2ccccc2)C1=O. The fourth-order valence-electron chi connectivity index (χ4n) is 4.21. The molecule has 0 aliphatic carbocycles. The minimum Gasteiger partial charge on any atom is -0.492 e. The molecule has 0 saturated carbocycles. The number of hydrogen-bond acceptors (Lipinski definition) is 6. The summed E-state index contributed by atoms with van der Waals surface area (Å²) < 4.78 is 11.5. The molecule has 0 saturated heterocycles. The number of rotatable bonds is 7. The van der Waals surface area contributed by atoms with E-state index >= 15 is 0 Å². The van der Waals surface area contributed by atoms with Crippen molar-refractivity contribution in [2.75, 3.05) is 29.9 Å². The first-order valence-corrected chi connectivity index (χ1v) is 11.5. The molecule has 2 heterocycles. The Morgan fingerprint density at radius 2 is 1.58 bits per heavy atom. The van der Waals surface area contributed by atoms with Gasteiger partial charge in [0.25, 0.3) is 17.7 Å². The molecule has 3 aromatic carbocycles. The number of imide groups is 1. The van der Waals surface area contributed by atoms with Gasteiger partial charge in [0.15, 0.2) is 6.10 Å². The molecule has 1 N–H and O–H groups in total. The second-order valence-corrected chi connectivity index (χ2v) is 8.38. The summed E-state index contributed by atoms with van der Waals surface area (Å²) >= 11 is 0. The molecular formula is C27H23N3O6. The Morgan fingerprint density at radius 1 is 0.917 bits per heavy atom. The van der Waals surface area contributed by atoms with E-state index in [9.17, 15) is 19.2 Å². The van der Waals surface area contributed by atoms with Gasteiger partial charge in [0, 0.05) is 5.69 Å². The highest BCUT2D eigenvalue weighted by Gasteiger charge is 2.36. The van der Waals surface area contributed by atoms with Crippen LogP contribution in [0.4, 0.5) is 11.4 Å². The molecule has 36 heavy (non-hydrogen) atoms. The van der Waals surface area contributed by atoms with Crippen LogP contribution in [-0.2, 0) is 9.59 Å². The standard InChI is InChI=1S/C27H23N3O6/c1-17-25(32)29(13-14-35-19-7-3-2-4-8-19)22-15-18(11-12-23(22)36-17)28-24(31)16-30-26(33)20-9-5-6-10-21(20)27(30)34/h2-12,15,17H,13-14,16H2,1H3,(H,28,31). The van der Waals surface area contributed by atoms with E-state index in [0.29, 0.717) is 22.9 Å². The summed E-state index contributed by atoms with van der Waals surface area (Å²) in [5.74, 6) is -0.586. The quantitative estimate of drug-likeness (QED) is 0.516. The molecule has 2 aliphatic rings. The molecule has 0 bridgehead atoms. The molecule has 9 nitrogen and oxygen atoms in total. The van der Waals surface area contributed by atoms with E-state index in [-0.39, 0.29) is 30.2 Å². The van der Waals surface area contributed by atoms with Crippen molar-refractivity contribution >= 4 is 35.0 Å². The summed E-state index contributed by atoms with van der Waals surface area (Å²) in [5.41, 5.74) is 1.45. The number of nitrogens with zero attached hydrogens (tertiary/aromatic N) is 2. The van der Waals surface area contributed by atoms with E-state index in [1.165, 1.54) is 0 Å². The molecule has 4 amide bonds. The topological polar surface area (TPSA) is 105 Å². The van der Waals surface area contributed by atoms with Crippen LogP contribution < -0.4 is 19.7 Å². The maximum atomic E-state index is 12.9. The third-order valence-electron chi connectivity index (χ3n) is 5.96. The summed E-state index contributed by atoms with van der Waals surface area (Å²) in [6.45, 7) is 1.79. The minimum absolute atomic E-state index is 0.228. The lowest BCUT2D eigenvalue weighted by Crippen LogP contribution is -2.46. The van der Waals surface area contributed by atoms with Crippen LogP contribution in [0, 0.1) is 0 Å². The maximum absolute atomic E-state index is 12.9. The summed E-state index contributed by atoms with van der Waals surface area (Å²) in [4.78, 5) is 53.1. The van der Waals surface area contributed by atoms with Crippen molar-refractivity contribution in [2.24, 2.45) is 0 Å². The summed E-state index contributed by atoms with van der Waals surface area (Å²) in [7, 11) is 0. The van der Waals surface area contributed by atoms with Gasteiger partial charge < -0.3 is 19.7 Å². The molecule has 5 rings (SSSR count). The number of ether oxygens (including phenoxy) is 2. The van der Waals surface area contributed by atoms with Gasteiger partial charge in [-0.05, 0) is 49.4 Å². The Hall–Kier alpha value is -4.66. The molecule has 3 aromatic rings. The maximum Gasteiger partial charge on any atom is 0.267 e. The second kappa shape index (κ2) is 9.53. The normalized spacial score (nSPS) is 16.4. The Bertz CT molecular complexity index is 1320. The van der Waals surface area contributed by atoms with Crippen LogP contribution in [0.15, 0.2) is 72.8 Å². The van der Waals surface area contributed by atoms with Crippen LogP contribution in [0.2, 0.25) is 0 Å². The number of fused-ring (bicyclic) bond motifs is 2. The number of hydrogen-bond donors (Lipinski definition) is 1. The third kappa shape index (κ3) is 4.38. The van der Waals surface area contributed by atoms with E-state index in [1.54, 1.807) is 54.3 Å². The van der Waals surface area contributed by atoms with E-state index in [4.69, 9.17) is 9.47 Å². The van der Waals surface area contributed by atoms with Gasteiger partial charge in [0.2, 0.25) is 5.91 Å². The summed E-state index contributed by atoms with van der Waals surface area (Å²) in [6, 6.07) is 20.7. The average molecular weight is 485 g/mol. The summed E-state index contributed by atoms with van der Waals surface area (Å²) in [6.07, 6.45) is -0.663. The smallest absolute Gasteiger partial charge is 0.267 e. The number of carbonyl (C=O) groups excluding carboxylic acids is 4. The highest BCUT2D eigenvalue weighted by Crippen LogP contribution is 2.36. The zero-order chi connectivity index (χ0) is 25.2. The predicted octanol–water partition coefficient (Wildman–Crippen LogP) is 3.11. The summed E-state index contributed by atoms with van der Waals surface area (Å²) in [5, 5.41) is 2.71. The number of para-hydroxylation sites is 1. The zero-order valence-electron chi connectivity index (χ0n) is 19.5. The van der Waals surface area contributed by atoms with Gasteiger partial charge in [-0.2, -0.15) is 0 Å². The molecule has 182 valence electrons. The largest absolute Gasteiger partial charge is 0.492 e. The first-order chi connectivity index (χ1) is 17.4. The first-order valence-electron chi connectivity index (χ1n) is 11.5. The van der Waals surface area contributed by atoms with Gasteiger partial charge in [0.1, 0.15) is 24.7 Å². The van der Waals surface area contributed by atoms with Gasteiger partial charge in [0.05, 0.1) is 23.4 Å². The molecule has 0 spiro atoms. The van der Waals surface area contributed by atoms with Crippen molar-refractivity contribution in [3.05, 3.63) is 83.9 Å². The molecule has 1 unspecified atom stereocenters. The zero-order valence-corrected chi connectivity index (χ0v) is 19.5. The van der Waals surface area contributed by atoms with E-state index < -0.39 is 30.4 Å². The van der Waals surface area contributed by atoms with Crippen molar-refractivity contribution in [1.82, 2.24) is 4.90 Å². The molecule has 0 radical (unpaired) electrons. The Balaban J connectivity index is 1.28. The molecule has 2 aliphatic heterocycles. The fourth-order valence-corrected chi connectivity index (χ4v) is 4.21. The van der Waals surface area contributed by atoms with Gasteiger partial charge in [-0.3, -0.25) is 24.1 Å². The second-order valence-electron chi connectivity index (χ2n) is 8.38. The highest BCUT2D eigenvalue weighted by atomic mass is 16.5. The van der Waals surface area contributed by atoms with Gasteiger partial charge >= 0.3 is 0 Å². The van der Waals surface area contributed by atoms with Crippen molar-refractivity contribution in [2.45, 2.75) is 13.0 Å². The van der Waals surface area contributed by atoms with Crippen LogP contribution in [0.25, 0.3) is 0 Å². The lowest BCUT2D eigenvalue weighted by atomic mass is 10.1. The minimum atomic E-state index is -0.663. The van der Waals surface area contributed by atoms with E-state index in [2.05, 4.69) is 5.32 Å². The average Bonchev–Trinajstić information content (AvgIpc) is 3.12. The van der Waals surface area contributed by atoms with E-state index in [0.717, 1.165) is 4.90 Å². The number of anilines is 2.